The van der Waals surface area contributed by atoms with E-state index in [0.717, 1.165) is 18.5 Å². The molecular weight excluding hydrogens is 202 g/mol. The van der Waals surface area contributed by atoms with Gasteiger partial charge in [0.2, 0.25) is 0 Å². The van der Waals surface area contributed by atoms with E-state index in [9.17, 15) is 0 Å². The highest BCUT2D eigenvalue weighted by molar-refractivity contribution is 7.98. The molecule has 1 fully saturated rings. The number of nitrogens with one attached hydrogen (secondary N) is 1. The number of rotatable bonds is 4. The lowest BCUT2D eigenvalue weighted by molar-refractivity contribution is 0.240. The second kappa shape index (κ2) is 5.04. The molecule has 0 radical (unpaired) electrons. The van der Waals surface area contributed by atoms with Crippen molar-refractivity contribution in [3.8, 4) is 0 Å². The fraction of sp³-hybridized carbons (Fsp3) is 0.538. The van der Waals surface area contributed by atoms with E-state index in [2.05, 4.69) is 42.8 Å². The molecule has 1 nitrogen and oxygen atoms in total. The van der Waals surface area contributed by atoms with Gasteiger partial charge >= 0.3 is 0 Å². The van der Waals surface area contributed by atoms with Crippen LogP contribution in [0.2, 0.25) is 0 Å². The molecule has 2 rings (SSSR count). The van der Waals surface area contributed by atoms with Crippen LogP contribution in [-0.2, 0) is 6.54 Å². The number of benzene rings is 1. The van der Waals surface area contributed by atoms with Crippen LogP contribution in [0.4, 0.5) is 0 Å². The van der Waals surface area contributed by atoms with Gasteiger partial charge in [0, 0.05) is 17.5 Å². The van der Waals surface area contributed by atoms with Crippen molar-refractivity contribution in [2.45, 2.75) is 37.2 Å². The van der Waals surface area contributed by atoms with E-state index in [4.69, 9.17) is 0 Å². The highest BCUT2D eigenvalue weighted by Crippen LogP contribution is 2.26. The summed E-state index contributed by atoms with van der Waals surface area (Å²) in [5.41, 5.74) is 1.40. The van der Waals surface area contributed by atoms with Crippen molar-refractivity contribution in [3.63, 3.8) is 0 Å². The average molecular weight is 221 g/mol. The Morgan fingerprint density at radius 2 is 1.93 bits per heavy atom. The maximum absolute atomic E-state index is 3.60. The summed E-state index contributed by atoms with van der Waals surface area (Å²) in [6.45, 7) is 3.34. The first kappa shape index (κ1) is 11.0. The first-order valence-electron chi connectivity index (χ1n) is 5.64. The van der Waals surface area contributed by atoms with Crippen molar-refractivity contribution in [1.29, 1.82) is 0 Å². The molecule has 82 valence electrons. The van der Waals surface area contributed by atoms with Crippen LogP contribution < -0.4 is 5.32 Å². The fourth-order valence-corrected chi connectivity index (χ4v) is 2.48. The molecule has 1 aliphatic carbocycles. The average Bonchev–Trinajstić information content (AvgIpc) is 2.23. The lowest BCUT2D eigenvalue weighted by Gasteiger charge is -2.33. The molecule has 0 unspecified atom stereocenters. The van der Waals surface area contributed by atoms with Gasteiger partial charge in [0.15, 0.2) is 0 Å². The molecule has 15 heavy (non-hydrogen) atoms. The Bertz CT molecular complexity index is 301. The molecule has 0 saturated heterocycles. The van der Waals surface area contributed by atoms with E-state index in [1.807, 2.05) is 0 Å². The minimum Gasteiger partial charge on any atom is -0.310 e. The lowest BCUT2D eigenvalue weighted by atomic mass is 9.82. The van der Waals surface area contributed by atoms with Gasteiger partial charge in [-0.15, -0.1) is 11.8 Å². The Hall–Kier alpha value is -0.470. The molecule has 0 amide bonds. The van der Waals surface area contributed by atoms with E-state index in [1.54, 1.807) is 11.8 Å². The third-order valence-electron chi connectivity index (χ3n) is 3.13. The van der Waals surface area contributed by atoms with Crippen LogP contribution in [-0.4, -0.2) is 12.3 Å². The minimum absolute atomic E-state index is 0.764. The first-order valence-corrected chi connectivity index (χ1v) is 6.86. The Labute approximate surface area is 96.7 Å². The van der Waals surface area contributed by atoms with E-state index >= 15 is 0 Å². The van der Waals surface area contributed by atoms with Gasteiger partial charge in [0.1, 0.15) is 0 Å². The van der Waals surface area contributed by atoms with Crippen LogP contribution in [0.1, 0.15) is 25.3 Å². The topological polar surface area (TPSA) is 12.0 Å². The predicted octanol–water partition coefficient (Wildman–Crippen LogP) is 3.30. The van der Waals surface area contributed by atoms with Gasteiger partial charge in [-0.3, -0.25) is 0 Å². The van der Waals surface area contributed by atoms with Crippen LogP contribution in [0.25, 0.3) is 0 Å². The van der Waals surface area contributed by atoms with Gasteiger partial charge in [-0.05, 0) is 42.7 Å². The minimum atomic E-state index is 0.764. The van der Waals surface area contributed by atoms with Crippen molar-refractivity contribution in [2.24, 2.45) is 5.92 Å². The molecule has 1 saturated carbocycles. The summed E-state index contributed by atoms with van der Waals surface area (Å²) in [6.07, 6.45) is 4.81. The highest BCUT2D eigenvalue weighted by atomic mass is 32.2. The quantitative estimate of drug-likeness (QED) is 0.783. The zero-order valence-corrected chi connectivity index (χ0v) is 10.3. The molecule has 1 N–H and O–H groups in total. The Balaban J connectivity index is 1.78. The summed E-state index contributed by atoms with van der Waals surface area (Å²) < 4.78 is 0. The van der Waals surface area contributed by atoms with Crippen LogP contribution >= 0.6 is 11.8 Å². The van der Waals surface area contributed by atoms with Crippen molar-refractivity contribution >= 4 is 11.8 Å². The predicted molar refractivity (Wildman–Crippen MR) is 67.2 cm³/mol. The summed E-state index contributed by atoms with van der Waals surface area (Å²) >= 11 is 1.80. The molecule has 0 spiro atoms. The van der Waals surface area contributed by atoms with Crippen molar-refractivity contribution in [3.05, 3.63) is 29.8 Å². The Morgan fingerprint density at radius 1 is 1.27 bits per heavy atom. The van der Waals surface area contributed by atoms with Crippen LogP contribution in [0.3, 0.4) is 0 Å². The van der Waals surface area contributed by atoms with Crippen LogP contribution in [0.5, 0.6) is 0 Å². The summed E-state index contributed by atoms with van der Waals surface area (Å²) in [7, 11) is 0. The largest absolute Gasteiger partial charge is 0.310 e. The third kappa shape index (κ3) is 2.99. The zero-order valence-electron chi connectivity index (χ0n) is 9.49. The highest BCUT2D eigenvalue weighted by Gasteiger charge is 2.24. The van der Waals surface area contributed by atoms with Gasteiger partial charge in [0.25, 0.3) is 0 Å². The van der Waals surface area contributed by atoms with E-state index in [-0.39, 0.29) is 0 Å². The summed E-state index contributed by atoms with van der Waals surface area (Å²) in [4.78, 5) is 1.34. The standard InChI is InChI=1S/C13H19NS/c1-10-7-12(8-10)14-9-11-3-5-13(15-2)6-4-11/h3-6,10,12,14H,7-9H2,1-2H3. The molecule has 1 aromatic rings. The van der Waals surface area contributed by atoms with Crippen LogP contribution in [0.15, 0.2) is 29.2 Å². The maximum Gasteiger partial charge on any atom is 0.0208 e. The second-order valence-electron chi connectivity index (χ2n) is 4.50. The molecular formula is C13H19NS. The van der Waals surface area contributed by atoms with Gasteiger partial charge in [-0.25, -0.2) is 0 Å². The smallest absolute Gasteiger partial charge is 0.0208 e. The van der Waals surface area contributed by atoms with Crippen LogP contribution in [0, 0.1) is 5.92 Å². The van der Waals surface area contributed by atoms with Crippen molar-refractivity contribution in [2.75, 3.05) is 6.26 Å². The molecule has 2 heteroatoms. The number of hydrogen-bond donors (Lipinski definition) is 1. The van der Waals surface area contributed by atoms with Gasteiger partial charge in [-0.1, -0.05) is 19.1 Å². The van der Waals surface area contributed by atoms with E-state index < -0.39 is 0 Å². The summed E-state index contributed by atoms with van der Waals surface area (Å²) in [5.74, 6) is 0.932. The zero-order chi connectivity index (χ0) is 10.7. The van der Waals surface area contributed by atoms with E-state index in [1.165, 1.54) is 23.3 Å². The van der Waals surface area contributed by atoms with Gasteiger partial charge in [-0.2, -0.15) is 0 Å². The molecule has 0 aliphatic heterocycles. The number of thioether (sulfide) groups is 1. The Morgan fingerprint density at radius 3 is 2.47 bits per heavy atom. The fourth-order valence-electron chi connectivity index (χ4n) is 2.07. The molecule has 1 aromatic carbocycles. The monoisotopic (exact) mass is 221 g/mol. The van der Waals surface area contributed by atoms with E-state index in [0.29, 0.717) is 0 Å². The summed E-state index contributed by atoms with van der Waals surface area (Å²) in [5, 5.41) is 3.60. The van der Waals surface area contributed by atoms with Gasteiger partial charge < -0.3 is 5.32 Å². The van der Waals surface area contributed by atoms with Crippen molar-refractivity contribution < 1.29 is 0 Å². The first-order chi connectivity index (χ1) is 7.28. The third-order valence-corrected chi connectivity index (χ3v) is 3.87. The SMILES string of the molecule is CSc1ccc(CNC2CC(C)C2)cc1. The summed E-state index contributed by atoms with van der Waals surface area (Å²) in [6, 6.07) is 9.61. The van der Waals surface area contributed by atoms with Gasteiger partial charge in [0.05, 0.1) is 0 Å². The molecule has 0 bridgehead atoms. The molecule has 0 atom stereocenters. The van der Waals surface area contributed by atoms with Crippen molar-refractivity contribution in [1.82, 2.24) is 5.32 Å². The maximum atomic E-state index is 3.60. The molecule has 1 aliphatic rings. The normalized spacial score (nSPS) is 24.9. The second-order valence-corrected chi connectivity index (χ2v) is 5.38. The lowest BCUT2D eigenvalue weighted by Crippen LogP contribution is -2.39. The Kier molecular flexibility index (Phi) is 3.71. The molecule has 0 heterocycles. The molecule has 0 aromatic heterocycles. The number of hydrogen-bond acceptors (Lipinski definition) is 2.